The van der Waals surface area contributed by atoms with Gasteiger partial charge >= 0.3 is 0 Å². The van der Waals surface area contributed by atoms with Crippen molar-refractivity contribution in [1.29, 1.82) is 0 Å². The Labute approximate surface area is 352 Å². The van der Waals surface area contributed by atoms with Gasteiger partial charge in [-0.2, -0.15) is 0 Å². The highest BCUT2D eigenvalue weighted by molar-refractivity contribution is 5.98. The topological polar surface area (TPSA) is 3.24 Å². The van der Waals surface area contributed by atoms with Crippen LogP contribution in [0.2, 0.25) is 0 Å². The molecule has 0 saturated carbocycles. The molecule has 11 rings (SSSR count). The minimum atomic E-state index is -0.116. The fraction of sp³-hybridized carbons (Fsp3) is 0.0508. The first-order valence-electron chi connectivity index (χ1n) is 20.9. The van der Waals surface area contributed by atoms with Gasteiger partial charge in [0.25, 0.3) is 0 Å². The molecule has 0 spiro atoms. The van der Waals surface area contributed by atoms with E-state index in [1.165, 1.54) is 94.0 Å². The molecule has 1 nitrogen and oxygen atoms in total. The Morgan fingerprint density at radius 2 is 0.717 bits per heavy atom. The molecule has 0 atom stereocenters. The molecule has 0 aromatic heterocycles. The standard InChI is InChI=1S/C59H43N/c1-59(2)54-18-9-7-17-53(54)58-55(59)19-11-21-57(58)60(51-36-34-43(35-37-51)42-22-24-44(25-23-42)49-32-28-40-12-3-5-14-47(40)38-49)56-20-10-8-16-52(56)46-30-26-45(27-31-46)50-33-29-41-13-4-6-15-48(41)39-50/h3-39H,1-2H3. The smallest absolute Gasteiger partial charge is 0.0543 e. The van der Waals surface area contributed by atoms with Crippen LogP contribution in [0.3, 0.4) is 0 Å². The van der Waals surface area contributed by atoms with Crippen molar-refractivity contribution in [1.82, 2.24) is 0 Å². The van der Waals surface area contributed by atoms with Crippen LogP contribution in [0.15, 0.2) is 224 Å². The molecule has 1 heteroatoms. The Kier molecular flexibility index (Phi) is 8.57. The lowest BCUT2D eigenvalue weighted by Crippen LogP contribution is -2.16. The maximum Gasteiger partial charge on any atom is 0.0543 e. The van der Waals surface area contributed by atoms with E-state index in [-0.39, 0.29) is 5.41 Å². The van der Waals surface area contributed by atoms with Crippen LogP contribution in [0.5, 0.6) is 0 Å². The van der Waals surface area contributed by atoms with Crippen LogP contribution in [-0.4, -0.2) is 0 Å². The monoisotopic (exact) mass is 765 g/mol. The maximum atomic E-state index is 2.48. The lowest BCUT2D eigenvalue weighted by molar-refractivity contribution is 0.660. The predicted molar refractivity (Wildman–Crippen MR) is 255 cm³/mol. The van der Waals surface area contributed by atoms with Gasteiger partial charge in [0.2, 0.25) is 0 Å². The first-order valence-corrected chi connectivity index (χ1v) is 20.9. The van der Waals surface area contributed by atoms with Crippen LogP contribution in [0, 0.1) is 0 Å². The summed E-state index contributed by atoms with van der Waals surface area (Å²) < 4.78 is 0. The van der Waals surface area contributed by atoms with Gasteiger partial charge in [-0.15, -0.1) is 0 Å². The van der Waals surface area contributed by atoms with Crippen molar-refractivity contribution in [2.24, 2.45) is 0 Å². The van der Waals surface area contributed by atoms with Gasteiger partial charge in [0.15, 0.2) is 0 Å². The Hall–Kier alpha value is -7.48. The van der Waals surface area contributed by atoms with Crippen molar-refractivity contribution >= 4 is 38.6 Å². The summed E-state index contributed by atoms with van der Waals surface area (Å²) in [6, 6.07) is 82.4. The van der Waals surface area contributed by atoms with Crippen molar-refractivity contribution in [2.45, 2.75) is 19.3 Å². The number of rotatable bonds is 7. The third-order valence-corrected chi connectivity index (χ3v) is 12.7. The molecule has 0 amide bonds. The summed E-state index contributed by atoms with van der Waals surface area (Å²) in [5, 5.41) is 5.03. The number of nitrogens with zero attached hydrogens (tertiary/aromatic N) is 1. The lowest BCUT2D eigenvalue weighted by atomic mass is 9.82. The van der Waals surface area contributed by atoms with Crippen molar-refractivity contribution in [3.8, 4) is 55.6 Å². The molecule has 0 fully saturated rings. The summed E-state index contributed by atoms with van der Waals surface area (Å²) in [6.07, 6.45) is 0. The van der Waals surface area contributed by atoms with Crippen LogP contribution in [0.25, 0.3) is 77.2 Å². The van der Waals surface area contributed by atoms with Gasteiger partial charge in [0, 0.05) is 22.2 Å². The zero-order valence-electron chi connectivity index (χ0n) is 33.8. The average Bonchev–Trinajstić information content (AvgIpc) is 3.55. The van der Waals surface area contributed by atoms with Gasteiger partial charge < -0.3 is 4.90 Å². The molecule has 0 heterocycles. The van der Waals surface area contributed by atoms with Gasteiger partial charge in [-0.3, -0.25) is 0 Å². The highest BCUT2D eigenvalue weighted by Crippen LogP contribution is 2.55. The van der Waals surface area contributed by atoms with E-state index < -0.39 is 0 Å². The zero-order chi connectivity index (χ0) is 40.2. The average molecular weight is 766 g/mol. The Morgan fingerprint density at radius 3 is 1.32 bits per heavy atom. The van der Waals surface area contributed by atoms with Gasteiger partial charge in [0.05, 0.1) is 11.4 Å². The third kappa shape index (κ3) is 6.10. The second kappa shape index (κ2) is 14.4. The van der Waals surface area contributed by atoms with Crippen molar-refractivity contribution in [3.63, 3.8) is 0 Å². The molecule has 284 valence electrons. The largest absolute Gasteiger partial charge is 0.309 e. The number of para-hydroxylation sites is 1. The molecule has 10 aromatic carbocycles. The van der Waals surface area contributed by atoms with E-state index in [9.17, 15) is 0 Å². The summed E-state index contributed by atoms with van der Waals surface area (Å²) in [4.78, 5) is 2.48. The summed E-state index contributed by atoms with van der Waals surface area (Å²) in [7, 11) is 0. The van der Waals surface area contributed by atoms with Crippen molar-refractivity contribution in [3.05, 3.63) is 236 Å². The molecule has 10 aromatic rings. The maximum absolute atomic E-state index is 2.48. The Bertz CT molecular complexity index is 3210. The van der Waals surface area contributed by atoms with Gasteiger partial charge in [0.1, 0.15) is 0 Å². The summed E-state index contributed by atoms with van der Waals surface area (Å²) in [5.74, 6) is 0. The van der Waals surface area contributed by atoms with E-state index >= 15 is 0 Å². The molecule has 1 aliphatic carbocycles. The van der Waals surface area contributed by atoms with Crippen molar-refractivity contribution < 1.29 is 0 Å². The molecule has 0 unspecified atom stereocenters. The van der Waals surface area contributed by atoms with E-state index in [1.807, 2.05) is 0 Å². The van der Waals surface area contributed by atoms with E-state index in [0.717, 1.165) is 11.4 Å². The van der Waals surface area contributed by atoms with E-state index in [0.29, 0.717) is 0 Å². The molecule has 0 N–H and O–H groups in total. The van der Waals surface area contributed by atoms with Gasteiger partial charge in [-0.25, -0.2) is 0 Å². The number of fused-ring (bicyclic) bond motifs is 5. The van der Waals surface area contributed by atoms with Crippen LogP contribution in [0.1, 0.15) is 25.0 Å². The summed E-state index contributed by atoms with van der Waals surface area (Å²) in [6.45, 7) is 4.72. The molecule has 1 aliphatic rings. The molecular formula is C59H43N. The van der Waals surface area contributed by atoms with E-state index in [1.54, 1.807) is 0 Å². The molecule has 60 heavy (non-hydrogen) atoms. The van der Waals surface area contributed by atoms with E-state index in [4.69, 9.17) is 0 Å². The Morgan fingerprint density at radius 1 is 0.300 bits per heavy atom. The minimum Gasteiger partial charge on any atom is -0.309 e. The number of hydrogen-bond acceptors (Lipinski definition) is 1. The highest BCUT2D eigenvalue weighted by atomic mass is 15.1. The van der Waals surface area contributed by atoms with Crippen molar-refractivity contribution in [2.75, 3.05) is 4.90 Å². The van der Waals surface area contributed by atoms with Crippen LogP contribution < -0.4 is 4.90 Å². The minimum absolute atomic E-state index is 0.116. The van der Waals surface area contributed by atoms with Crippen LogP contribution in [-0.2, 0) is 5.41 Å². The zero-order valence-corrected chi connectivity index (χ0v) is 33.8. The summed E-state index contributed by atoms with van der Waals surface area (Å²) >= 11 is 0. The van der Waals surface area contributed by atoms with Gasteiger partial charge in [-0.1, -0.05) is 202 Å². The molecule has 0 bridgehead atoms. The predicted octanol–water partition coefficient (Wildman–Crippen LogP) is 16.4. The molecule has 0 radical (unpaired) electrons. The lowest BCUT2D eigenvalue weighted by Gasteiger charge is -2.30. The second-order valence-corrected chi connectivity index (χ2v) is 16.5. The van der Waals surface area contributed by atoms with Gasteiger partial charge in [-0.05, 0) is 114 Å². The molecule has 0 saturated heterocycles. The number of anilines is 3. The quantitative estimate of drug-likeness (QED) is 0.156. The Balaban J connectivity index is 1.00. The number of benzene rings is 10. The van der Waals surface area contributed by atoms with Crippen LogP contribution >= 0.6 is 0 Å². The fourth-order valence-corrected chi connectivity index (χ4v) is 9.48. The normalized spacial score (nSPS) is 12.6. The summed E-state index contributed by atoms with van der Waals surface area (Å²) in [5.41, 5.74) is 18.3. The SMILES string of the molecule is CC1(C)c2ccccc2-c2c(N(c3ccc(-c4ccc(-c5ccc6ccccc6c5)cc4)cc3)c3ccccc3-c3ccc(-c4ccc5ccccc5c4)cc3)cccc21. The second-order valence-electron chi connectivity index (χ2n) is 16.5. The molecule has 0 aliphatic heterocycles. The first kappa shape index (κ1) is 35.7. The number of hydrogen-bond donors (Lipinski definition) is 0. The first-order chi connectivity index (χ1) is 29.5. The van der Waals surface area contributed by atoms with Crippen LogP contribution in [0.4, 0.5) is 17.1 Å². The molecular weight excluding hydrogens is 723 g/mol. The van der Waals surface area contributed by atoms with E-state index in [2.05, 4.69) is 243 Å². The third-order valence-electron chi connectivity index (χ3n) is 12.7. The highest BCUT2D eigenvalue weighted by Gasteiger charge is 2.38. The fourth-order valence-electron chi connectivity index (χ4n) is 9.48.